The van der Waals surface area contributed by atoms with Crippen molar-refractivity contribution in [2.45, 2.75) is 39.9 Å². The lowest BCUT2D eigenvalue weighted by molar-refractivity contribution is 0.547. The molecule has 0 aliphatic heterocycles. The predicted molar refractivity (Wildman–Crippen MR) is 72.0 cm³/mol. The van der Waals surface area contributed by atoms with Gasteiger partial charge in [0.05, 0.1) is 11.4 Å². The molecule has 1 N–H and O–H groups in total. The van der Waals surface area contributed by atoms with Gasteiger partial charge in [0, 0.05) is 31.5 Å². The van der Waals surface area contributed by atoms with Crippen LogP contribution < -0.4 is 5.32 Å². The van der Waals surface area contributed by atoms with E-state index in [1.807, 2.05) is 31.3 Å². The number of nitrogens with one attached hydrogen (secondary N) is 1. The SMILES string of the molecule is CCCn1nccc1CNCc1cccc(C)n1. The van der Waals surface area contributed by atoms with E-state index in [-0.39, 0.29) is 0 Å². The Bertz CT molecular complexity index is 490. The van der Waals surface area contributed by atoms with Crippen LogP contribution in [0.15, 0.2) is 30.5 Å². The molecule has 2 aromatic rings. The van der Waals surface area contributed by atoms with Crippen LogP contribution in [0.3, 0.4) is 0 Å². The maximum atomic E-state index is 4.47. The Labute approximate surface area is 108 Å². The molecule has 2 rings (SSSR count). The molecule has 0 unspecified atom stereocenters. The molecule has 0 atom stereocenters. The standard InChI is InChI=1S/C14H20N4/c1-3-9-18-14(7-8-16-18)11-15-10-13-6-4-5-12(2)17-13/h4-8,15H,3,9-11H2,1-2H3. The van der Waals surface area contributed by atoms with Gasteiger partial charge in [-0.15, -0.1) is 0 Å². The highest BCUT2D eigenvalue weighted by molar-refractivity contribution is 5.10. The van der Waals surface area contributed by atoms with Gasteiger partial charge in [0.15, 0.2) is 0 Å². The van der Waals surface area contributed by atoms with Crippen LogP contribution in [0.2, 0.25) is 0 Å². The zero-order chi connectivity index (χ0) is 12.8. The second kappa shape index (κ2) is 6.31. The summed E-state index contributed by atoms with van der Waals surface area (Å²) >= 11 is 0. The molecule has 0 fully saturated rings. The maximum absolute atomic E-state index is 4.47. The first-order valence-corrected chi connectivity index (χ1v) is 6.43. The number of nitrogens with zero attached hydrogens (tertiary/aromatic N) is 3. The van der Waals surface area contributed by atoms with Crippen LogP contribution >= 0.6 is 0 Å². The number of hydrogen-bond acceptors (Lipinski definition) is 3. The molecular weight excluding hydrogens is 224 g/mol. The van der Waals surface area contributed by atoms with Crippen LogP contribution in [0, 0.1) is 6.92 Å². The van der Waals surface area contributed by atoms with Crippen LogP contribution in [-0.2, 0) is 19.6 Å². The molecule has 2 aromatic heterocycles. The second-order valence-corrected chi connectivity index (χ2v) is 4.42. The molecule has 0 amide bonds. The van der Waals surface area contributed by atoms with Gasteiger partial charge in [-0.05, 0) is 31.5 Å². The van der Waals surface area contributed by atoms with Crippen LogP contribution in [-0.4, -0.2) is 14.8 Å². The Morgan fingerprint density at radius 2 is 2.11 bits per heavy atom. The average molecular weight is 244 g/mol. The van der Waals surface area contributed by atoms with Crippen molar-refractivity contribution in [3.05, 3.63) is 47.5 Å². The predicted octanol–water partition coefficient (Wildman–Crippen LogP) is 2.29. The number of pyridine rings is 1. The van der Waals surface area contributed by atoms with Crippen molar-refractivity contribution in [3.63, 3.8) is 0 Å². The molecule has 0 saturated carbocycles. The highest BCUT2D eigenvalue weighted by Crippen LogP contribution is 2.02. The van der Waals surface area contributed by atoms with Crippen LogP contribution in [0.1, 0.15) is 30.4 Å². The highest BCUT2D eigenvalue weighted by atomic mass is 15.3. The third-order valence-corrected chi connectivity index (χ3v) is 2.80. The van der Waals surface area contributed by atoms with Crippen molar-refractivity contribution >= 4 is 0 Å². The summed E-state index contributed by atoms with van der Waals surface area (Å²) < 4.78 is 2.05. The molecule has 4 heteroatoms. The van der Waals surface area contributed by atoms with Gasteiger partial charge in [-0.25, -0.2) is 0 Å². The molecule has 0 aliphatic rings. The topological polar surface area (TPSA) is 42.7 Å². The lowest BCUT2D eigenvalue weighted by Crippen LogP contribution is -2.17. The molecule has 4 nitrogen and oxygen atoms in total. The van der Waals surface area contributed by atoms with Crippen molar-refractivity contribution in [1.29, 1.82) is 0 Å². The van der Waals surface area contributed by atoms with Gasteiger partial charge in [-0.3, -0.25) is 9.67 Å². The third-order valence-electron chi connectivity index (χ3n) is 2.80. The lowest BCUT2D eigenvalue weighted by atomic mass is 10.3. The van der Waals surface area contributed by atoms with Crippen molar-refractivity contribution < 1.29 is 0 Å². The first-order chi connectivity index (χ1) is 8.79. The number of aromatic nitrogens is 3. The summed E-state index contributed by atoms with van der Waals surface area (Å²) in [7, 11) is 0. The van der Waals surface area contributed by atoms with Gasteiger partial charge in [-0.1, -0.05) is 13.0 Å². The fourth-order valence-electron chi connectivity index (χ4n) is 1.94. The van der Waals surface area contributed by atoms with Crippen molar-refractivity contribution in [1.82, 2.24) is 20.1 Å². The summed E-state index contributed by atoms with van der Waals surface area (Å²) in [6.45, 7) is 6.77. The van der Waals surface area contributed by atoms with Crippen molar-refractivity contribution in [2.75, 3.05) is 0 Å². The Morgan fingerprint density at radius 3 is 2.89 bits per heavy atom. The largest absolute Gasteiger partial charge is 0.306 e. The van der Waals surface area contributed by atoms with Crippen LogP contribution in [0.5, 0.6) is 0 Å². The van der Waals surface area contributed by atoms with Crippen molar-refractivity contribution in [3.8, 4) is 0 Å². The summed E-state index contributed by atoms with van der Waals surface area (Å²) in [5.74, 6) is 0. The van der Waals surface area contributed by atoms with E-state index in [1.54, 1.807) is 0 Å². The van der Waals surface area contributed by atoms with E-state index in [9.17, 15) is 0 Å². The Hall–Kier alpha value is -1.68. The van der Waals surface area contributed by atoms with E-state index >= 15 is 0 Å². The Morgan fingerprint density at radius 1 is 1.22 bits per heavy atom. The quantitative estimate of drug-likeness (QED) is 0.847. The zero-order valence-corrected chi connectivity index (χ0v) is 11.1. The van der Waals surface area contributed by atoms with Gasteiger partial charge in [-0.2, -0.15) is 5.10 Å². The van der Waals surface area contributed by atoms with Gasteiger partial charge in [0.25, 0.3) is 0 Å². The molecule has 0 bridgehead atoms. The molecule has 0 aliphatic carbocycles. The van der Waals surface area contributed by atoms with E-state index in [4.69, 9.17) is 0 Å². The maximum Gasteiger partial charge on any atom is 0.0544 e. The van der Waals surface area contributed by atoms with Crippen LogP contribution in [0.25, 0.3) is 0 Å². The molecule has 2 heterocycles. The Kier molecular flexibility index (Phi) is 4.47. The molecule has 18 heavy (non-hydrogen) atoms. The van der Waals surface area contributed by atoms with Gasteiger partial charge >= 0.3 is 0 Å². The van der Waals surface area contributed by atoms with E-state index in [1.165, 1.54) is 5.69 Å². The number of aryl methyl sites for hydroxylation is 2. The van der Waals surface area contributed by atoms with Gasteiger partial charge in [0.1, 0.15) is 0 Å². The minimum Gasteiger partial charge on any atom is -0.306 e. The van der Waals surface area contributed by atoms with E-state index in [0.717, 1.165) is 37.4 Å². The summed E-state index contributed by atoms with van der Waals surface area (Å²) in [4.78, 5) is 4.47. The molecule has 96 valence electrons. The summed E-state index contributed by atoms with van der Waals surface area (Å²) in [5, 5.41) is 7.71. The average Bonchev–Trinajstić information content (AvgIpc) is 2.78. The van der Waals surface area contributed by atoms with E-state index < -0.39 is 0 Å². The minimum atomic E-state index is 0.791. The number of rotatable bonds is 6. The zero-order valence-electron chi connectivity index (χ0n) is 11.1. The van der Waals surface area contributed by atoms with Crippen molar-refractivity contribution in [2.24, 2.45) is 0 Å². The fourth-order valence-corrected chi connectivity index (χ4v) is 1.94. The van der Waals surface area contributed by atoms with E-state index in [0.29, 0.717) is 0 Å². The fraction of sp³-hybridized carbons (Fsp3) is 0.429. The molecule has 0 radical (unpaired) electrons. The Balaban J connectivity index is 1.86. The van der Waals surface area contributed by atoms with Gasteiger partial charge < -0.3 is 5.32 Å². The molecule has 0 saturated heterocycles. The molecular formula is C14H20N4. The monoisotopic (exact) mass is 244 g/mol. The third kappa shape index (κ3) is 3.40. The van der Waals surface area contributed by atoms with Crippen LogP contribution in [0.4, 0.5) is 0 Å². The smallest absolute Gasteiger partial charge is 0.0544 e. The molecule has 0 aromatic carbocycles. The summed E-state index contributed by atoms with van der Waals surface area (Å²) in [5.41, 5.74) is 3.37. The second-order valence-electron chi connectivity index (χ2n) is 4.42. The summed E-state index contributed by atoms with van der Waals surface area (Å²) in [6, 6.07) is 8.16. The molecule has 0 spiro atoms. The normalized spacial score (nSPS) is 10.8. The number of hydrogen-bond donors (Lipinski definition) is 1. The minimum absolute atomic E-state index is 0.791. The summed E-state index contributed by atoms with van der Waals surface area (Å²) in [6.07, 6.45) is 2.96. The first kappa shape index (κ1) is 12.8. The van der Waals surface area contributed by atoms with Gasteiger partial charge in [0.2, 0.25) is 0 Å². The lowest BCUT2D eigenvalue weighted by Gasteiger charge is -2.07. The first-order valence-electron chi connectivity index (χ1n) is 6.43. The highest BCUT2D eigenvalue weighted by Gasteiger charge is 2.01. The van der Waals surface area contributed by atoms with E-state index in [2.05, 4.69) is 33.1 Å².